The second kappa shape index (κ2) is 3.67. The van der Waals surface area contributed by atoms with Crippen LogP contribution in [0.15, 0.2) is 24.3 Å². The summed E-state index contributed by atoms with van der Waals surface area (Å²) in [6.45, 7) is 1.24. The van der Waals surface area contributed by atoms with Crippen LogP contribution in [0.4, 0.5) is 5.69 Å². The van der Waals surface area contributed by atoms with Crippen LogP contribution in [0.1, 0.15) is 5.56 Å². The van der Waals surface area contributed by atoms with Crippen molar-refractivity contribution in [1.82, 2.24) is 5.43 Å². The highest BCUT2D eigenvalue weighted by molar-refractivity contribution is 5.81. The Morgan fingerprint density at radius 2 is 2.29 bits per heavy atom. The number of hydrazine groups is 1. The third-order valence-electron chi connectivity index (χ3n) is 2.48. The topological polar surface area (TPSA) is 58.4 Å². The highest BCUT2D eigenvalue weighted by Gasteiger charge is 2.19. The maximum Gasteiger partial charge on any atom is 0.253 e. The van der Waals surface area contributed by atoms with Crippen molar-refractivity contribution in [3.63, 3.8) is 0 Å². The van der Waals surface area contributed by atoms with Crippen molar-refractivity contribution in [2.75, 3.05) is 18.0 Å². The number of carbonyl (C=O) groups is 1. The number of nitrogens with two attached hydrogens (primary N) is 1. The standard InChI is InChI=1S/C10H13N3O/c11-12-10(14)7-13-6-5-8-3-1-2-4-9(8)13/h1-4H,5-7,11H2,(H,12,14). The second-order valence-corrected chi connectivity index (χ2v) is 3.37. The Balaban J connectivity index is 2.14. The predicted octanol–water partition coefficient (Wildman–Crippen LogP) is 0.0390. The normalized spacial score (nSPS) is 13.9. The van der Waals surface area contributed by atoms with Gasteiger partial charge < -0.3 is 4.90 Å². The van der Waals surface area contributed by atoms with E-state index in [9.17, 15) is 4.79 Å². The molecule has 0 atom stereocenters. The molecular formula is C10H13N3O. The van der Waals surface area contributed by atoms with Crippen LogP contribution in [0.3, 0.4) is 0 Å². The molecule has 0 radical (unpaired) electrons. The van der Waals surface area contributed by atoms with E-state index < -0.39 is 0 Å². The van der Waals surface area contributed by atoms with Gasteiger partial charge in [0.25, 0.3) is 5.91 Å². The highest BCUT2D eigenvalue weighted by atomic mass is 16.2. The summed E-state index contributed by atoms with van der Waals surface area (Å²) in [6, 6.07) is 8.13. The first-order valence-electron chi connectivity index (χ1n) is 4.63. The molecule has 0 saturated heterocycles. The lowest BCUT2D eigenvalue weighted by molar-refractivity contribution is -0.119. The van der Waals surface area contributed by atoms with Crippen molar-refractivity contribution in [1.29, 1.82) is 0 Å². The van der Waals surface area contributed by atoms with Crippen molar-refractivity contribution >= 4 is 11.6 Å². The van der Waals surface area contributed by atoms with Crippen molar-refractivity contribution in [2.24, 2.45) is 5.84 Å². The number of rotatable bonds is 2. The smallest absolute Gasteiger partial charge is 0.253 e. The Morgan fingerprint density at radius 3 is 3.07 bits per heavy atom. The van der Waals surface area contributed by atoms with E-state index in [4.69, 9.17) is 5.84 Å². The molecule has 0 saturated carbocycles. The Morgan fingerprint density at radius 1 is 1.50 bits per heavy atom. The van der Waals surface area contributed by atoms with Gasteiger partial charge in [-0.1, -0.05) is 18.2 Å². The average Bonchev–Trinajstić information content (AvgIpc) is 2.62. The van der Waals surface area contributed by atoms with Crippen molar-refractivity contribution in [3.8, 4) is 0 Å². The molecule has 0 aliphatic carbocycles. The van der Waals surface area contributed by atoms with Gasteiger partial charge in [0, 0.05) is 12.2 Å². The van der Waals surface area contributed by atoms with Crippen LogP contribution >= 0.6 is 0 Å². The molecule has 3 N–H and O–H groups in total. The van der Waals surface area contributed by atoms with Crippen LogP contribution in [0.2, 0.25) is 0 Å². The van der Waals surface area contributed by atoms with E-state index in [1.165, 1.54) is 5.56 Å². The second-order valence-electron chi connectivity index (χ2n) is 3.37. The van der Waals surface area contributed by atoms with E-state index in [1.54, 1.807) is 0 Å². The molecular weight excluding hydrogens is 178 g/mol. The summed E-state index contributed by atoms with van der Waals surface area (Å²) in [5.41, 5.74) is 4.59. The molecule has 1 heterocycles. The monoisotopic (exact) mass is 191 g/mol. The fourth-order valence-electron chi connectivity index (χ4n) is 1.79. The van der Waals surface area contributed by atoms with Gasteiger partial charge >= 0.3 is 0 Å². The lowest BCUT2D eigenvalue weighted by atomic mass is 10.2. The van der Waals surface area contributed by atoms with Gasteiger partial charge in [-0.15, -0.1) is 0 Å². The van der Waals surface area contributed by atoms with Crippen LogP contribution in [0.5, 0.6) is 0 Å². The Hall–Kier alpha value is -1.55. The fourth-order valence-corrected chi connectivity index (χ4v) is 1.79. The van der Waals surface area contributed by atoms with Crippen molar-refractivity contribution < 1.29 is 4.79 Å². The van der Waals surface area contributed by atoms with Gasteiger partial charge in [0.15, 0.2) is 0 Å². The first kappa shape index (κ1) is 9.02. The number of carbonyl (C=O) groups excluding carboxylic acids is 1. The minimum atomic E-state index is -0.151. The molecule has 0 aromatic heterocycles. The third-order valence-corrected chi connectivity index (χ3v) is 2.48. The van der Waals surface area contributed by atoms with Gasteiger partial charge in [-0.2, -0.15) is 0 Å². The molecule has 0 bridgehead atoms. The number of fused-ring (bicyclic) bond motifs is 1. The minimum absolute atomic E-state index is 0.151. The summed E-state index contributed by atoms with van der Waals surface area (Å²) >= 11 is 0. The third kappa shape index (κ3) is 1.56. The van der Waals surface area contributed by atoms with E-state index in [0.29, 0.717) is 6.54 Å². The van der Waals surface area contributed by atoms with Crippen LogP contribution in [0, 0.1) is 0 Å². The maximum atomic E-state index is 11.1. The number of hydrogen-bond donors (Lipinski definition) is 2. The van der Waals surface area contributed by atoms with Crippen LogP contribution < -0.4 is 16.2 Å². The molecule has 1 aliphatic heterocycles. The number of nitrogens with one attached hydrogen (secondary N) is 1. The molecule has 2 rings (SSSR count). The summed E-state index contributed by atoms with van der Waals surface area (Å²) < 4.78 is 0. The zero-order chi connectivity index (χ0) is 9.97. The number of hydrogen-bond acceptors (Lipinski definition) is 3. The molecule has 74 valence electrons. The van der Waals surface area contributed by atoms with Crippen molar-refractivity contribution in [2.45, 2.75) is 6.42 Å². The number of nitrogens with zero attached hydrogens (tertiary/aromatic N) is 1. The summed E-state index contributed by atoms with van der Waals surface area (Å²) in [4.78, 5) is 13.1. The minimum Gasteiger partial charge on any atom is -0.362 e. The molecule has 1 aromatic carbocycles. The molecule has 14 heavy (non-hydrogen) atoms. The molecule has 1 aromatic rings. The molecule has 4 nitrogen and oxygen atoms in total. The van der Waals surface area contributed by atoms with Crippen LogP contribution in [-0.4, -0.2) is 19.0 Å². The van der Waals surface area contributed by atoms with Crippen LogP contribution in [-0.2, 0) is 11.2 Å². The lowest BCUT2D eigenvalue weighted by Crippen LogP contribution is -2.39. The van der Waals surface area contributed by atoms with Gasteiger partial charge in [-0.3, -0.25) is 10.2 Å². The lowest BCUT2D eigenvalue weighted by Gasteiger charge is -2.17. The number of amides is 1. The van der Waals surface area contributed by atoms with E-state index in [2.05, 4.69) is 11.5 Å². The SMILES string of the molecule is NNC(=O)CN1CCc2ccccc21. The van der Waals surface area contributed by atoms with E-state index >= 15 is 0 Å². The quantitative estimate of drug-likeness (QED) is 0.394. The molecule has 0 fully saturated rings. The fraction of sp³-hybridized carbons (Fsp3) is 0.300. The Labute approximate surface area is 82.7 Å². The molecule has 1 aliphatic rings. The summed E-state index contributed by atoms with van der Waals surface area (Å²) in [7, 11) is 0. The van der Waals surface area contributed by atoms with Gasteiger partial charge in [-0.05, 0) is 18.1 Å². The first-order valence-corrected chi connectivity index (χ1v) is 4.63. The van der Waals surface area contributed by atoms with Gasteiger partial charge in [-0.25, -0.2) is 5.84 Å². The number of benzene rings is 1. The largest absolute Gasteiger partial charge is 0.362 e. The van der Waals surface area contributed by atoms with Gasteiger partial charge in [0.2, 0.25) is 0 Å². The Kier molecular flexibility index (Phi) is 2.37. The number of anilines is 1. The van der Waals surface area contributed by atoms with E-state index in [1.807, 2.05) is 23.1 Å². The molecule has 0 unspecified atom stereocenters. The number of para-hydroxylation sites is 1. The molecule has 0 spiro atoms. The summed E-state index contributed by atoms with van der Waals surface area (Å²) in [6.07, 6.45) is 1.01. The molecule has 1 amide bonds. The van der Waals surface area contributed by atoms with E-state index in [0.717, 1.165) is 18.7 Å². The zero-order valence-corrected chi connectivity index (χ0v) is 7.86. The van der Waals surface area contributed by atoms with Gasteiger partial charge in [0.1, 0.15) is 0 Å². The van der Waals surface area contributed by atoms with Crippen molar-refractivity contribution in [3.05, 3.63) is 29.8 Å². The van der Waals surface area contributed by atoms with Gasteiger partial charge in [0.05, 0.1) is 6.54 Å². The average molecular weight is 191 g/mol. The molecule has 4 heteroatoms. The first-order chi connectivity index (χ1) is 6.81. The highest BCUT2D eigenvalue weighted by Crippen LogP contribution is 2.26. The summed E-state index contributed by atoms with van der Waals surface area (Å²) in [5.74, 6) is 4.89. The summed E-state index contributed by atoms with van der Waals surface area (Å²) in [5, 5.41) is 0. The van der Waals surface area contributed by atoms with E-state index in [-0.39, 0.29) is 5.91 Å². The zero-order valence-electron chi connectivity index (χ0n) is 7.86. The Bertz CT molecular complexity index is 351. The van der Waals surface area contributed by atoms with Crippen LogP contribution in [0.25, 0.3) is 0 Å². The predicted molar refractivity (Wildman–Crippen MR) is 54.7 cm³/mol. The maximum absolute atomic E-state index is 11.1.